The van der Waals surface area contributed by atoms with E-state index in [4.69, 9.17) is 9.47 Å². The van der Waals surface area contributed by atoms with E-state index in [0.29, 0.717) is 18.3 Å². The average Bonchev–Trinajstić information content (AvgIpc) is 3.25. The number of hydrogen-bond donors (Lipinski definition) is 1. The van der Waals surface area contributed by atoms with Gasteiger partial charge in [-0.15, -0.1) is 0 Å². The molecule has 1 N–H and O–H groups in total. The van der Waals surface area contributed by atoms with Gasteiger partial charge in [0.15, 0.2) is 6.10 Å². The fraction of sp³-hybridized carbons (Fsp3) is 0.458. The summed E-state index contributed by atoms with van der Waals surface area (Å²) in [6, 6.07) is 9.35. The third-order valence-electron chi connectivity index (χ3n) is 5.69. The predicted octanol–water partition coefficient (Wildman–Crippen LogP) is 3.69. The second-order valence-electron chi connectivity index (χ2n) is 8.21. The van der Waals surface area contributed by atoms with Gasteiger partial charge in [-0.1, -0.05) is 26.0 Å². The highest BCUT2D eigenvalue weighted by atomic mass is 16.5. The molecule has 7 nitrogen and oxygen atoms in total. The van der Waals surface area contributed by atoms with Gasteiger partial charge in [-0.2, -0.15) is 5.26 Å². The van der Waals surface area contributed by atoms with Gasteiger partial charge in [0.2, 0.25) is 11.7 Å². The third-order valence-corrected chi connectivity index (χ3v) is 5.69. The Kier molecular flexibility index (Phi) is 6.81. The standard InChI is InChI=1S/C24H28N2O5/c1-14(2)17-7-9-18(10-8-17)31-16(4)22(27)21-15(3)20(12-25)23(28)26(24(21)29)13-19-6-5-11-30-19/h7-10,14,16,19,29H,5-6,11,13H2,1-4H3. The summed E-state index contributed by atoms with van der Waals surface area (Å²) in [7, 11) is 0. The Labute approximate surface area is 181 Å². The lowest BCUT2D eigenvalue weighted by Crippen LogP contribution is -2.33. The Morgan fingerprint density at radius 3 is 2.55 bits per heavy atom. The van der Waals surface area contributed by atoms with Crippen LogP contribution < -0.4 is 10.3 Å². The lowest BCUT2D eigenvalue weighted by Gasteiger charge is -2.20. The molecule has 1 aliphatic rings. The van der Waals surface area contributed by atoms with Crippen molar-refractivity contribution in [3.05, 3.63) is 56.9 Å². The molecule has 1 fully saturated rings. The van der Waals surface area contributed by atoms with Crippen molar-refractivity contribution >= 4 is 5.78 Å². The fourth-order valence-corrected chi connectivity index (χ4v) is 3.80. The zero-order chi connectivity index (χ0) is 22.7. The number of benzene rings is 1. The molecule has 31 heavy (non-hydrogen) atoms. The molecular weight excluding hydrogens is 396 g/mol. The third kappa shape index (κ3) is 4.64. The molecule has 0 amide bonds. The number of aromatic hydroxyl groups is 1. The first-order valence-electron chi connectivity index (χ1n) is 10.5. The van der Waals surface area contributed by atoms with Crippen molar-refractivity contribution in [2.75, 3.05) is 6.61 Å². The summed E-state index contributed by atoms with van der Waals surface area (Å²) in [5, 5.41) is 20.3. The summed E-state index contributed by atoms with van der Waals surface area (Å²) >= 11 is 0. The summed E-state index contributed by atoms with van der Waals surface area (Å²) in [6.45, 7) is 7.93. The molecule has 1 aliphatic heterocycles. The van der Waals surface area contributed by atoms with Gasteiger partial charge in [-0.3, -0.25) is 14.2 Å². The molecule has 164 valence electrons. The van der Waals surface area contributed by atoms with E-state index in [1.54, 1.807) is 19.1 Å². The highest BCUT2D eigenvalue weighted by Gasteiger charge is 2.29. The monoisotopic (exact) mass is 424 g/mol. The summed E-state index contributed by atoms with van der Waals surface area (Å²) in [4.78, 5) is 25.9. The topological polar surface area (TPSA) is 102 Å². The molecular formula is C24H28N2O5. The summed E-state index contributed by atoms with van der Waals surface area (Å²) in [5.74, 6) is -0.0503. The second-order valence-corrected chi connectivity index (χ2v) is 8.21. The Morgan fingerprint density at radius 2 is 2.00 bits per heavy atom. The molecule has 1 saturated heterocycles. The number of ether oxygens (including phenoxy) is 2. The van der Waals surface area contributed by atoms with Crippen molar-refractivity contribution in [2.24, 2.45) is 0 Å². The van der Waals surface area contributed by atoms with Gasteiger partial charge in [0.1, 0.15) is 17.4 Å². The number of carbonyl (C=O) groups excluding carboxylic acids is 1. The molecule has 2 heterocycles. The van der Waals surface area contributed by atoms with Gasteiger partial charge < -0.3 is 14.6 Å². The van der Waals surface area contributed by atoms with Crippen LogP contribution in [0.5, 0.6) is 11.6 Å². The van der Waals surface area contributed by atoms with E-state index in [9.17, 15) is 20.0 Å². The Bertz CT molecular complexity index is 1060. The minimum Gasteiger partial charge on any atom is -0.494 e. The van der Waals surface area contributed by atoms with Gasteiger partial charge in [0, 0.05) is 6.61 Å². The van der Waals surface area contributed by atoms with Crippen molar-refractivity contribution < 1.29 is 19.4 Å². The Hall–Kier alpha value is -3.11. The number of nitriles is 1. The number of rotatable bonds is 7. The number of nitrogens with zero attached hydrogens (tertiary/aromatic N) is 2. The highest BCUT2D eigenvalue weighted by molar-refractivity contribution is 6.03. The fourth-order valence-electron chi connectivity index (χ4n) is 3.80. The van der Waals surface area contributed by atoms with E-state index >= 15 is 0 Å². The van der Waals surface area contributed by atoms with Crippen LogP contribution in [-0.4, -0.2) is 34.3 Å². The molecule has 0 saturated carbocycles. The first-order chi connectivity index (χ1) is 14.7. The van der Waals surface area contributed by atoms with Gasteiger partial charge >= 0.3 is 0 Å². The average molecular weight is 424 g/mol. The van der Waals surface area contributed by atoms with Crippen LogP contribution >= 0.6 is 0 Å². The maximum Gasteiger partial charge on any atom is 0.271 e. The molecule has 0 radical (unpaired) electrons. The molecule has 3 rings (SSSR count). The van der Waals surface area contributed by atoms with E-state index in [1.165, 1.54) is 6.92 Å². The molecule has 2 unspecified atom stereocenters. The van der Waals surface area contributed by atoms with Crippen LogP contribution in [-0.2, 0) is 11.3 Å². The summed E-state index contributed by atoms with van der Waals surface area (Å²) in [5.41, 5.74) is 0.458. The SMILES string of the molecule is Cc1c(C(=O)C(C)Oc2ccc(C(C)C)cc2)c(O)n(CC2CCCO2)c(=O)c1C#N. The van der Waals surface area contributed by atoms with Crippen LogP contribution in [0.1, 0.15) is 66.6 Å². The van der Waals surface area contributed by atoms with E-state index in [0.717, 1.165) is 23.0 Å². The Balaban J connectivity index is 1.93. The first-order valence-corrected chi connectivity index (χ1v) is 10.5. The largest absolute Gasteiger partial charge is 0.494 e. The Morgan fingerprint density at radius 1 is 1.32 bits per heavy atom. The van der Waals surface area contributed by atoms with Crippen molar-refractivity contribution in [2.45, 2.75) is 65.2 Å². The molecule has 7 heteroatoms. The molecule has 2 atom stereocenters. The molecule has 0 spiro atoms. The maximum atomic E-state index is 13.2. The van der Waals surface area contributed by atoms with Crippen LogP contribution in [0.2, 0.25) is 0 Å². The van der Waals surface area contributed by atoms with Crippen LogP contribution in [0.25, 0.3) is 0 Å². The quantitative estimate of drug-likeness (QED) is 0.680. The zero-order valence-corrected chi connectivity index (χ0v) is 18.3. The highest BCUT2D eigenvalue weighted by Crippen LogP contribution is 2.27. The van der Waals surface area contributed by atoms with Crippen molar-refractivity contribution in [1.82, 2.24) is 4.57 Å². The summed E-state index contributed by atoms with van der Waals surface area (Å²) in [6.07, 6.45) is 0.448. The van der Waals surface area contributed by atoms with Crippen LogP contribution in [0.3, 0.4) is 0 Å². The minimum absolute atomic E-state index is 0.0690. The second kappa shape index (κ2) is 9.36. The predicted molar refractivity (Wildman–Crippen MR) is 116 cm³/mol. The van der Waals surface area contributed by atoms with Gasteiger partial charge in [0.05, 0.1) is 18.2 Å². The summed E-state index contributed by atoms with van der Waals surface area (Å²) < 4.78 is 12.4. The van der Waals surface area contributed by atoms with E-state index < -0.39 is 23.3 Å². The maximum absolute atomic E-state index is 13.2. The normalized spacial score (nSPS) is 16.8. The van der Waals surface area contributed by atoms with Crippen LogP contribution in [0.15, 0.2) is 29.1 Å². The lowest BCUT2D eigenvalue weighted by atomic mass is 9.99. The van der Waals surface area contributed by atoms with Crippen LogP contribution in [0, 0.1) is 18.3 Å². The number of hydrogen-bond acceptors (Lipinski definition) is 6. The number of pyridine rings is 1. The van der Waals surface area contributed by atoms with E-state index in [-0.39, 0.29) is 29.3 Å². The molecule has 0 aliphatic carbocycles. The smallest absolute Gasteiger partial charge is 0.271 e. The van der Waals surface area contributed by atoms with Gasteiger partial charge in [-0.05, 0) is 55.9 Å². The van der Waals surface area contributed by atoms with Gasteiger partial charge in [-0.25, -0.2) is 0 Å². The minimum atomic E-state index is -0.922. The van der Waals surface area contributed by atoms with E-state index in [1.807, 2.05) is 18.2 Å². The van der Waals surface area contributed by atoms with E-state index in [2.05, 4.69) is 13.8 Å². The van der Waals surface area contributed by atoms with Gasteiger partial charge in [0.25, 0.3) is 5.56 Å². The molecule has 1 aromatic heterocycles. The lowest BCUT2D eigenvalue weighted by molar-refractivity contribution is 0.0805. The molecule has 0 bridgehead atoms. The van der Waals surface area contributed by atoms with Crippen molar-refractivity contribution in [3.8, 4) is 17.7 Å². The zero-order valence-electron chi connectivity index (χ0n) is 18.3. The van der Waals surface area contributed by atoms with Crippen molar-refractivity contribution in [1.29, 1.82) is 5.26 Å². The number of aromatic nitrogens is 1. The van der Waals surface area contributed by atoms with Crippen molar-refractivity contribution in [3.63, 3.8) is 0 Å². The first kappa shape index (κ1) is 22.6. The number of Topliss-reactive ketones (excluding diaryl/α,β-unsaturated/α-hetero) is 1. The van der Waals surface area contributed by atoms with Crippen LogP contribution in [0.4, 0.5) is 0 Å². The number of ketones is 1. The molecule has 1 aromatic carbocycles. The number of carbonyl (C=O) groups is 1. The molecule has 2 aromatic rings.